The van der Waals surface area contributed by atoms with Crippen molar-refractivity contribution in [2.45, 2.75) is 26.2 Å². The van der Waals surface area contributed by atoms with E-state index in [9.17, 15) is 0 Å². The van der Waals surface area contributed by atoms with E-state index in [1.807, 2.05) is 11.3 Å². The number of aryl methyl sites for hydroxylation is 1. The Morgan fingerprint density at radius 1 is 1.54 bits per heavy atom. The molecule has 2 N–H and O–H groups in total. The van der Waals surface area contributed by atoms with Gasteiger partial charge in [0, 0.05) is 9.75 Å². The van der Waals surface area contributed by atoms with Gasteiger partial charge in [-0.1, -0.05) is 19.9 Å². The molecule has 0 aromatic carbocycles. The Balaban J connectivity index is 2.62. The molecular weight excluding hydrogens is 178 g/mol. The Morgan fingerprint density at radius 2 is 2.31 bits per heavy atom. The summed E-state index contributed by atoms with van der Waals surface area (Å²) in [7, 11) is 0. The largest absolute Gasteiger partial charge is 0.330 e. The van der Waals surface area contributed by atoms with Crippen molar-refractivity contribution in [3.8, 4) is 0 Å². The van der Waals surface area contributed by atoms with Crippen molar-refractivity contribution in [1.82, 2.24) is 0 Å². The minimum absolute atomic E-state index is 0.694. The summed E-state index contributed by atoms with van der Waals surface area (Å²) in [5.74, 6) is 0. The number of thiophene rings is 1. The quantitative estimate of drug-likeness (QED) is 0.767. The molecule has 0 radical (unpaired) electrons. The van der Waals surface area contributed by atoms with Crippen molar-refractivity contribution in [2.24, 2.45) is 5.73 Å². The van der Waals surface area contributed by atoms with Gasteiger partial charge in [-0.25, -0.2) is 0 Å². The van der Waals surface area contributed by atoms with E-state index in [2.05, 4.69) is 25.6 Å². The third kappa shape index (κ3) is 2.98. The Bertz CT molecular complexity index is 275. The van der Waals surface area contributed by atoms with E-state index in [4.69, 9.17) is 5.73 Å². The monoisotopic (exact) mass is 195 g/mol. The van der Waals surface area contributed by atoms with Crippen molar-refractivity contribution in [3.63, 3.8) is 0 Å². The molecule has 72 valence electrons. The SMILES string of the molecule is C=C(CCN)c1ccc(CCC)s1. The van der Waals surface area contributed by atoms with Crippen molar-refractivity contribution in [2.75, 3.05) is 6.54 Å². The third-order valence-electron chi connectivity index (χ3n) is 1.95. The molecule has 1 nitrogen and oxygen atoms in total. The fourth-order valence-electron chi connectivity index (χ4n) is 1.25. The van der Waals surface area contributed by atoms with Gasteiger partial charge in [0.1, 0.15) is 0 Å². The topological polar surface area (TPSA) is 26.0 Å². The fraction of sp³-hybridized carbons (Fsp3) is 0.455. The normalized spacial score (nSPS) is 10.3. The minimum atomic E-state index is 0.694. The molecule has 0 saturated heterocycles. The van der Waals surface area contributed by atoms with Gasteiger partial charge in [0.25, 0.3) is 0 Å². The van der Waals surface area contributed by atoms with Crippen LogP contribution in [0.3, 0.4) is 0 Å². The molecule has 0 aliphatic heterocycles. The second-order valence-electron chi connectivity index (χ2n) is 3.16. The molecule has 0 saturated carbocycles. The summed E-state index contributed by atoms with van der Waals surface area (Å²) in [6.07, 6.45) is 3.30. The summed E-state index contributed by atoms with van der Waals surface area (Å²) in [6.45, 7) is 6.92. The van der Waals surface area contributed by atoms with Gasteiger partial charge in [0.05, 0.1) is 0 Å². The number of hydrogen-bond donors (Lipinski definition) is 1. The molecule has 0 atom stereocenters. The Kier molecular flexibility index (Phi) is 4.19. The van der Waals surface area contributed by atoms with E-state index < -0.39 is 0 Å². The molecule has 0 bridgehead atoms. The summed E-state index contributed by atoms with van der Waals surface area (Å²) in [6, 6.07) is 4.36. The minimum Gasteiger partial charge on any atom is -0.330 e. The predicted octanol–water partition coefficient (Wildman–Crippen LogP) is 3.06. The van der Waals surface area contributed by atoms with Crippen molar-refractivity contribution in [1.29, 1.82) is 0 Å². The highest BCUT2D eigenvalue weighted by Crippen LogP contribution is 2.25. The van der Waals surface area contributed by atoms with Gasteiger partial charge in [-0.3, -0.25) is 0 Å². The summed E-state index contributed by atoms with van der Waals surface area (Å²) >= 11 is 1.85. The van der Waals surface area contributed by atoms with Gasteiger partial charge in [-0.2, -0.15) is 0 Å². The third-order valence-corrected chi connectivity index (χ3v) is 3.20. The standard InChI is InChI=1S/C11H17NS/c1-3-4-10-5-6-11(13-10)9(2)7-8-12/h5-6H,2-4,7-8,12H2,1H3. The first-order valence-electron chi connectivity index (χ1n) is 4.74. The van der Waals surface area contributed by atoms with E-state index in [1.165, 1.54) is 28.2 Å². The van der Waals surface area contributed by atoms with E-state index in [-0.39, 0.29) is 0 Å². The van der Waals surface area contributed by atoms with Crippen LogP contribution in [-0.2, 0) is 6.42 Å². The Morgan fingerprint density at radius 3 is 2.92 bits per heavy atom. The van der Waals surface area contributed by atoms with Gasteiger partial charge in [-0.15, -0.1) is 11.3 Å². The maximum absolute atomic E-state index is 5.48. The van der Waals surface area contributed by atoms with E-state index in [1.54, 1.807) is 0 Å². The highest BCUT2D eigenvalue weighted by molar-refractivity contribution is 7.13. The molecular formula is C11H17NS. The summed E-state index contributed by atoms with van der Waals surface area (Å²) in [5, 5.41) is 0. The summed E-state index contributed by atoms with van der Waals surface area (Å²) < 4.78 is 0. The van der Waals surface area contributed by atoms with Gasteiger partial charge in [-0.05, 0) is 37.1 Å². The maximum atomic E-state index is 5.48. The zero-order valence-corrected chi connectivity index (χ0v) is 8.99. The first-order valence-corrected chi connectivity index (χ1v) is 5.56. The highest BCUT2D eigenvalue weighted by atomic mass is 32.1. The second kappa shape index (κ2) is 5.20. The number of nitrogens with two attached hydrogens (primary N) is 1. The molecule has 1 aromatic rings. The van der Waals surface area contributed by atoms with Crippen LogP contribution in [-0.4, -0.2) is 6.54 Å². The maximum Gasteiger partial charge on any atom is 0.0299 e. The van der Waals surface area contributed by atoms with E-state index in [0.29, 0.717) is 6.54 Å². The molecule has 0 aliphatic carbocycles. The molecule has 1 heterocycles. The molecule has 2 heteroatoms. The number of rotatable bonds is 5. The average Bonchev–Trinajstić information content (AvgIpc) is 2.54. The zero-order chi connectivity index (χ0) is 9.68. The van der Waals surface area contributed by atoms with Gasteiger partial charge in [0.2, 0.25) is 0 Å². The lowest BCUT2D eigenvalue weighted by Gasteiger charge is -1.98. The second-order valence-corrected chi connectivity index (χ2v) is 4.33. The van der Waals surface area contributed by atoms with E-state index in [0.717, 1.165) is 6.42 Å². The smallest absolute Gasteiger partial charge is 0.0299 e. The molecule has 0 fully saturated rings. The first-order chi connectivity index (χ1) is 6.27. The van der Waals surface area contributed by atoms with Crippen LogP contribution in [0.25, 0.3) is 5.57 Å². The van der Waals surface area contributed by atoms with Crippen molar-refractivity contribution >= 4 is 16.9 Å². The lowest BCUT2D eigenvalue weighted by Crippen LogP contribution is -1.98. The predicted molar refractivity (Wildman–Crippen MR) is 61.0 cm³/mol. The van der Waals surface area contributed by atoms with Crippen LogP contribution in [0.2, 0.25) is 0 Å². The van der Waals surface area contributed by atoms with Crippen molar-refractivity contribution < 1.29 is 0 Å². The average molecular weight is 195 g/mol. The van der Waals surface area contributed by atoms with Crippen LogP contribution in [0.15, 0.2) is 18.7 Å². The van der Waals surface area contributed by atoms with Crippen molar-refractivity contribution in [3.05, 3.63) is 28.5 Å². The van der Waals surface area contributed by atoms with Gasteiger partial charge >= 0.3 is 0 Å². The molecule has 0 aliphatic rings. The lowest BCUT2D eigenvalue weighted by atomic mass is 10.2. The van der Waals surface area contributed by atoms with Crippen LogP contribution in [0, 0.1) is 0 Å². The van der Waals surface area contributed by atoms with Gasteiger partial charge < -0.3 is 5.73 Å². The lowest BCUT2D eigenvalue weighted by molar-refractivity contribution is 0.940. The van der Waals surface area contributed by atoms with Crippen LogP contribution < -0.4 is 5.73 Å². The highest BCUT2D eigenvalue weighted by Gasteiger charge is 2.02. The first kappa shape index (κ1) is 10.5. The Hall–Kier alpha value is -0.600. The molecule has 1 aromatic heterocycles. The molecule has 0 amide bonds. The summed E-state index contributed by atoms with van der Waals surface area (Å²) in [4.78, 5) is 2.75. The molecule has 1 rings (SSSR count). The van der Waals surface area contributed by atoms with E-state index >= 15 is 0 Å². The summed E-state index contributed by atoms with van der Waals surface area (Å²) in [5.41, 5.74) is 6.65. The number of hydrogen-bond acceptors (Lipinski definition) is 2. The van der Waals surface area contributed by atoms with Crippen LogP contribution >= 0.6 is 11.3 Å². The Labute approximate surface area is 84.3 Å². The molecule has 13 heavy (non-hydrogen) atoms. The van der Waals surface area contributed by atoms with Gasteiger partial charge in [0.15, 0.2) is 0 Å². The van der Waals surface area contributed by atoms with Crippen LogP contribution in [0.4, 0.5) is 0 Å². The fourth-order valence-corrected chi connectivity index (χ4v) is 2.35. The zero-order valence-electron chi connectivity index (χ0n) is 8.18. The molecule has 0 spiro atoms. The molecule has 0 unspecified atom stereocenters. The van der Waals surface area contributed by atoms with Crippen LogP contribution in [0.1, 0.15) is 29.5 Å². The van der Waals surface area contributed by atoms with Crippen LogP contribution in [0.5, 0.6) is 0 Å².